The molecule has 0 bridgehead atoms. The summed E-state index contributed by atoms with van der Waals surface area (Å²) in [5.74, 6) is -1.59. The minimum absolute atomic E-state index is 0.219. The number of benzene rings is 1. The van der Waals surface area contributed by atoms with E-state index < -0.39 is 5.97 Å². The van der Waals surface area contributed by atoms with E-state index in [4.69, 9.17) is 16.7 Å². The number of rotatable bonds is 5. The molecular weight excluding hydrogens is 363 g/mol. The van der Waals surface area contributed by atoms with Gasteiger partial charge in [-0.15, -0.1) is 0 Å². The number of aromatic nitrogens is 2. The number of piperazine rings is 1. The van der Waals surface area contributed by atoms with E-state index in [-0.39, 0.29) is 24.0 Å². The number of carbonyl (C=O) groups excluding carboxylic acids is 1. The average Bonchev–Trinajstić information content (AvgIpc) is 3.06. The highest BCUT2D eigenvalue weighted by atomic mass is 35.5. The van der Waals surface area contributed by atoms with Crippen LogP contribution in [0.4, 0.5) is 4.39 Å². The van der Waals surface area contributed by atoms with E-state index in [0.717, 1.165) is 0 Å². The number of carbonyl (C=O) groups is 2. The van der Waals surface area contributed by atoms with E-state index in [2.05, 4.69) is 5.10 Å². The lowest BCUT2D eigenvalue weighted by Gasteiger charge is -2.34. The Morgan fingerprint density at radius 2 is 1.92 bits per heavy atom. The van der Waals surface area contributed by atoms with Gasteiger partial charge in [-0.05, 0) is 18.2 Å². The Bertz CT molecular complexity index is 798. The number of nitrogens with zero attached hydrogens (tertiary/aromatic N) is 4. The summed E-state index contributed by atoms with van der Waals surface area (Å²) in [6.45, 7) is 2.25. The quantitative estimate of drug-likeness (QED) is 0.854. The summed E-state index contributed by atoms with van der Waals surface area (Å²) < 4.78 is 15.1. The molecule has 1 aliphatic rings. The third-order valence-electron chi connectivity index (χ3n) is 4.26. The predicted octanol–water partition coefficient (Wildman–Crippen LogP) is 1.72. The first-order valence-corrected chi connectivity index (χ1v) is 8.51. The minimum Gasteiger partial charge on any atom is -0.480 e. The molecule has 3 rings (SSSR count). The number of amides is 1. The Kier molecular flexibility index (Phi) is 5.53. The monoisotopic (exact) mass is 380 g/mol. The van der Waals surface area contributed by atoms with Gasteiger partial charge in [0.05, 0.1) is 0 Å². The molecule has 1 amide bonds. The number of hydrogen-bond donors (Lipinski definition) is 1. The first-order chi connectivity index (χ1) is 12.4. The lowest BCUT2D eigenvalue weighted by Crippen LogP contribution is -2.48. The largest absolute Gasteiger partial charge is 0.480 e. The highest BCUT2D eigenvalue weighted by Gasteiger charge is 2.24. The maximum Gasteiger partial charge on any atom is 0.325 e. The second-order valence-corrected chi connectivity index (χ2v) is 6.47. The zero-order chi connectivity index (χ0) is 18.7. The van der Waals surface area contributed by atoms with Crippen molar-refractivity contribution in [2.45, 2.75) is 13.1 Å². The molecule has 2 aromatic rings. The molecule has 0 unspecified atom stereocenters. The topological polar surface area (TPSA) is 78.7 Å². The van der Waals surface area contributed by atoms with E-state index in [1.807, 2.05) is 4.90 Å². The van der Waals surface area contributed by atoms with Gasteiger partial charge in [-0.25, -0.2) is 4.39 Å². The zero-order valence-corrected chi connectivity index (χ0v) is 14.7. The van der Waals surface area contributed by atoms with Crippen LogP contribution in [0.5, 0.6) is 0 Å². The Labute approximate surface area is 154 Å². The smallest absolute Gasteiger partial charge is 0.325 e. The fourth-order valence-corrected chi connectivity index (χ4v) is 3.10. The number of carboxylic acids is 1. The van der Waals surface area contributed by atoms with Crippen molar-refractivity contribution in [1.82, 2.24) is 19.6 Å². The molecule has 0 saturated carbocycles. The fraction of sp³-hybridized carbons (Fsp3) is 0.353. The summed E-state index contributed by atoms with van der Waals surface area (Å²) in [6, 6.07) is 6.12. The van der Waals surface area contributed by atoms with Gasteiger partial charge in [0.15, 0.2) is 0 Å². The van der Waals surface area contributed by atoms with Crippen LogP contribution < -0.4 is 0 Å². The van der Waals surface area contributed by atoms with Crippen LogP contribution in [0.3, 0.4) is 0 Å². The molecule has 1 aromatic carbocycles. The van der Waals surface area contributed by atoms with Crippen molar-refractivity contribution in [2.75, 3.05) is 26.2 Å². The Morgan fingerprint density at radius 1 is 1.19 bits per heavy atom. The van der Waals surface area contributed by atoms with Crippen LogP contribution in [0.15, 0.2) is 30.5 Å². The third kappa shape index (κ3) is 4.20. The average molecular weight is 381 g/mol. The van der Waals surface area contributed by atoms with Crippen LogP contribution in [-0.4, -0.2) is 62.7 Å². The molecule has 2 heterocycles. The van der Waals surface area contributed by atoms with Crippen molar-refractivity contribution in [3.05, 3.63) is 52.6 Å². The van der Waals surface area contributed by atoms with Gasteiger partial charge in [0, 0.05) is 49.5 Å². The SMILES string of the molecule is O=C(O)Cn1ccc(C(=O)N2CCN(Cc3c(F)cccc3Cl)CC2)n1. The van der Waals surface area contributed by atoms with Crippen molar-refractivity contribution < 1.29 is 19.1 Å². The van der Waals surface area contributed by atoms with E-state index in [1.165, 1.54) is 23.0 Å². The fourth-order valence-electron chi connectivity index (χ4n) is 2.88. The molecule has 0 atom stereocenters. The van der Waals surface area contributed by atoms with Gasteiger partial charge in [0.25, 0.3) is 5.91 Å². The standard InChI is InChI=1S/C17H18ClFN4O3/c18-13-2-1-3-14(19)12(13)10-21-6-8-22(9-7-21)17(26)15-4-5-23(20-15)11-16(24)25/h1-5H,6-11H2,(H,24,25). The van der Waals surface area contributed by atoms with Gasteiger partial charge in [-0.3, -0.25) is 19.2 Å². The molecule has 7 nitrogen and oxygen atoms in total. The van der Waals surface area contributed by atoms with Crippen molar-refractivity contribution >= 4 is 23.5 Å². The summed E-state index contributed by atoms with van der Waals surface area (Å²) in [5, 5.41) is 13.2. The van der Waals surface area contributed by atoms with Gasteiger partial charge >= 0.3 is 5.97 Å². The van der Waals surface area contributed by atoms with E-state index in [0.29, 0.717) is 43.3 Å². The molecule has 1 aliphatic heterocycles. The van der Waals surface area contributed by atoms with Crippen LogP contribution in [-0.2, 0) is 17.9 Å². The minimum atomic E-state index is -1.02. The molecule has 1 N–H and O–H groups in total. The number of aliphatic carboxylic acids is 1. The number of halogens is 2. The number of hydrogen-bond acceptors (Lipinski definition) is 4. The highest BCUT2D eigenvalue weighted by molar-refractivity contribution is 6.31. The van der Waals surface area contributed by atoms with E-state index in [9.17, 15) is 14.0 Å². The molecule has 1 saturated heterocycles. The molecule has 26 heavy (non-hydrogen) atoms. The molecule has 0 spiro atoms. The summed E-state index contributed by atoms with van der Waals surface area (Å²) in [4.78, 5) is 26.9. The normalized spacial score (nSPS) is 15.2. The van der Waals surface area contributed by atoms with Crippen LogP contribution >= 0.6 is 11.6 Å². The van der Waals surface area contributed by atoms with Crippen LogP contribution in [0.2, 0.25) is 5.02 Å². The predicted molar refractivity (Wildman–Crippen MR) is 92.5 cm³/mol. The maximum absolute atomic E-state index is 13.9. The summed E-state index contributed by atoms with van der Waals surface area (Å²) in [6.07, 6.45) is 1.47. The lowest BCUT2D eigenvalue weighted by atomic mass is 10.1. The van der Waals surface area contributed by atoms with Gasteiger partial charge in [0.1, 0.15) is 18.1 Å². The molecule has 0 aliphatic carbocycles. The van der Waals surface area contributed by atoms with Gasteiger partial charge in [-0.1, -0.05) is 17.7 Å². The van der Waals surface area contributed by atoms with E-state index >= 15 is 0 Å². The summed E-state index contributed by atoms with van der Waals surface area (Å²) in [5.41, 5.74) is 0.679. The zero-order valence-electron chi connectivity index (χ0n) is 13.9. The highest BCUT2D eigenvalue weighted by Crippen LogP contribution is 2.21. The van der Waals surface area contributed by atoms with Gasteiger partial charge in [0.2, 0.25) is 0 Å². The Balaban J connectivity index is 1.57. The van der Waals surface area contributed by atoms with Gasteiger partial charge in [-0.2, -0.15) is 5.10 Å². The van der Waals surface area contributed by atoms with Crippen molar-refractivity contribution in [3.63, 3.8) is 0 Å². The molecule has 0 radical (unpaired) electrons. The number of carboxylic acid groups (broad SMARTS) is 1. The summed E-state index contributed by atoms with van der Waals surface area (Å²) >= 11 is 6.06. The molecule has 138 valence electrons. The van der Waals surface area contributed by atoms with Crippen molar-refractivity contribution in [1.29, 1.82) is 0 Å². The Morgan fingerprint density at radius 3 is 2.58 bits per heavy atom. The van der Waals surface area contributed by atoms with E-state index in [1.54, 1.807) is 17.0 Å². The van der Waals surface area contributed by atoms with Crippen molar-refractivity contribution in [3.8, 4) is 0 Å². The lowest BCUT2D eigenvalue weighted by molar-refractivity contribution is -0.137. The second-order valence-electron chi connectivity index (χ2n) is 6.06. The van der Waals surface area contributed by atoms with Crippen LogP contribution in [0.25, 0.3) is 0 Å². The molecule has 1 fully saturated rings. The summed E-state index contributed by atoms with van der Waals surface area (Å²) in [7, 11) is 0. The molecule has 1 aromatic heterocycles. The van der Waals surface area contributed by atoms with Crippen molar-refractivity contribution in [2.24, 2.45) is 0 Å². The van der Waals surface area contributed by atoms with Crippen LogP contribution in [0.1, 0.15) is 16.1 Å². The first kappa shape index (κ1) is 18.3. The molecule has 9 heteroatoms. The van der Waals surface area contributed by atoms with Crippen LogP contribution in [0, 0.1) is 5.82 Å². The Hall–Kier alpha value is -2.45. The van der Waals surface area contributed by atoms with Gasteiger partial charge < -0.3 is 10.0 Å². The second kappa shape index (κ2) is 7.84. The third-order valence-corrected chi connectivity index (χ3v) is 4.61. The first-order valence-electron chi connectivity index (χ1n) is 8.14. The maximum atomic E-state index is 13.9. The molecular formula is C17H18ClFN4O3.